The fraction of sp³-hybridized carbons (Fsp3) is 0.833. The van der Waals surface area contributed by atoms with Gasteiger partial charge in [0.25, 0.3) is 0 Å². The third kappa shape index (κ3) is 5.00. The summed E-state index contributed by atoms with van der Waals surface area (Å²) in [5, 5.41) is 3.02. The molecule has 0 fully saturated rings. The van der Waals surface area contributed by atoms with Crippen LogP contribution in [-0.4, -0.2) is 40.5 Å². The van der Waals surface area contributed by atoms with Crippen LogP contribution >= 0.6 is 12.2 Å². The van der Waals surface area contributed by atoms with Crippen molar-refractivity contribution in [2.24, 2.45) is 5.73 Å². The summed E-state index contributed by atoms with van der Waals surface area (Å²) in [4.78, 5) is 14.3. The minimum absolute atomic E-state index is 0.00227. The molecule has 4 nitrogen and oxygen atoms in total. The van der Waals surface area contributed by atoms with E-state index in [0.29, 0.717) is 4.99 Å². The van der Waals surface area contributed by atoms with Crippen LogP contribution in [0.2, 0.25) is 0 Å². The molecule has 0 aromatic heterocycles. The fourth-order valence-electron chi connectivity index (χ4n) is 1.25. The van der Waals surface area contributed by atoms with E-state index in [1.165, 1.54) is 0 Å². The van der Waals surface area contributed by atoms with Crippen LogP contribution in [-0.2, 0) is 4.79 Å². The minimum atomic E-state index is -0.252. The van der Waals surface area contributed by atoms with Gasteiger partial charge in [-0.15, -0.1) is 0 Å². The molecule has 0 aromatic rings. The van der Waals surface area contributed by atoms with Crippen molar-refractivity contribution >= 4 is 23.1 Å². The highest BCUT2D eigenvalue weighted by molar-refractivity contribution is 7.80. The van der Waals surface area contributed by atoms with Crippen LogP contribution in [0, 0.1) is 0 Å². The van der Waals surface area contributed by atoms with Gasteiger partial charge in [0.1, 0.15) is 0 Å². The molecule has 0 saturated carbocycles. The average Bonchev–Trinajstić information content (AvgIpc) is 2.25. The van der Waals surface area contributed by atoms with E-state index in [-0.39, 0.29) is 23.5 Å². The van der Waals surface area contributed by atoms with E-state index in [1.54, 1.807) is 0 Å². The first-order chi connectivity index (χ1) is 7.62. The number of nitrogens with one attached hydrogen (secondary N) is 1. The number of rotatable bonds is 6. The highest BCUT2D eigenvalue weighted by Gasteiger charge is 2.27. The molecule has 0 saturated heterocycles. The molecule has 0 spiro atoms. The van der Waals surface area contributed by atoms with Gasteiger partial charge in [0.2, 0.25) is 5.91 Å². The van der Waals surface area contributed by atoms with Crippen molar-refractivity contribution < 1.29 is 4.79 Å². The average molecular weight is 259 g/mol. The lowest BCUT2D eigenvalue weighted by Crippen LogP contribution is -2.54. The molecule has 0 aliphatic heterocycles. The van der Waals surface area contributed by atoms with Gasteiger partial charge < -0.3 is 11.1 Å². The van der Waals surface area contributed by atoms with Gasteiger partial charge >= 0.3 is 0 Å². The smallest absolute Gasteiger partial charge is 0.237 e. The van der Waals surface area contributed by atoms with Crippen LogP contribution in [0.3, 0.4) is 0 Å². The summed E-state index contributed by atoms with van der Waals surface area (Å²) in [7, 11) is 1.85. The van der Waals surface area contributed by atoms with E-state index < -0.39 is 0 Å². The summed E-state index contributed by atoms with van der Waals surface area (Å²) in [6.45, 7) is 9.82. The molecular weight excluding hydrogens is 234 g/mol. The maximum Gasteiger partial charge on any atom is 0.237 e. The molecule has 17 heavy (non-hydrogen) atoms. The number of nitrogens with two attached hydrogens (primary N) is 1. The Balaban J connectivity index is 4.55. The normalized spacial score (nSPS) is 15.5. The first kappa shape index (κ1) is 16.3. The second kappa shape index (κ2) is 6.31. The molecular formula is C12H25N3OS. The maximum absolute atomic E-state index is 12.0. The summed E-state index contributed by atoms with van der Waals surface area (Å²) in [5.41, 5.74) is 5.40. The number of nitrogens with zero attached hydrogens (tertiary/aromatic N) is 1. The molecule has 0 aromatic carbocycles. The maximum atomic E-state index is 12.0. The van der Waals surface area contributed by atoms with E-state index in [4.69, 9.17) is 18.0 Å². The number of carbonyl (C=O) groups excluding carboxylic acids is 1. The quantitative estimate of drug-likeness (QED) is 0.706. The molecule has 3 N–H and O–H groups in total. The summed E-state index contributed by atoms with van der Waals surface area (Å²) in [5.74, 6) is 0.00227. The second-order valence-corrected chi connectivity index (χ2v) is 5.62. The Morgan fingerprint density at radius 2 is 1.88 bits per heavy atom. The molecule has 2 atom stereocenters. The Hall–Kier alpha value is -0.680. The van der Waals surface area contributed by atoms with Gasteiger partial charge in [-0.1, -0.05) is 19.1 Å². The zero-order chi connectivity index (χ0) is 13.8. The number of hydrogen-bond acceptors (Lipinski definition) is 3. The lowest BCUT2D eigenvalue weighted by Gasteiger charge is -2.32. The molecule has 100 valence electrons. The number of thiocarbonyl (C=S) groups is 1. The lowest BCUT2D eigenvalue weighted by molar-refractivity contribution is -0.127. The monoisotopic (exact) mass is 259 g/mol. The van der Waals surface area contributed by atoms with Crippen molar-refractivity contribution in [3.63, 3.8) is 0 Å². The molecule has 1 amide bonds. The first-order valence-electron chi connectivity index (χ1n) is 5.95. The van der Waals surface area contributed by atoms with Gasteiger partial charge in [-0.2, -0.15) is 0 Å². The van der Waals surface area contributed by atoms with E-state index >= 15 is 0 Å². The van der Waals surface area contributed by atoms with Gasteiger partial charge in [-0.25, -0.2) is 0 Å². The zero-order valence-electron chi connectivity index (χ0n) is 11.7. The van der Waals surface area contributed by atoms with Gasteiger partial charge in [0.15, 0.2) is 0 Å². The highest BCUT2D eigenvalue weighted by Crippen LogP contribution is 2.09. The van der Waals surface area contributed by atoms with Crippen molar-refractivity contribution in [1.82, 2.24) is 10.2 Å². The van der Waals surface area contributed by atoms with Crippen LogP contribution in [0.25, 0.3) is 0 Å². The Labute approximate surface area is 110 Å². The second-order valence-electron chi connectivity index (χ2n) is 5.15. The molecule has 2 unspecified atom stereocenters. The van der Waals surface area contributed by atoms with Crippen LogP contribution in [0.15, 0.2) is 0 Å². The summed E-state index contributed by atoms with van der Waals surface area (Å²) in [6, 6.07) is -0.340. The van der Waals surface area contributed by atoms with Gasteiger partial charge in [-0.05, 0) is 41.2 Å². The molecule has 0 aliphatic carbocycles. The number of carbonyl (C=O) groups is 1. The lowest BCUT2D eigenvalue weighted by atomic mass is 10.0. The molecule has 5 heteroatoms. The van der Waals surface area contributed by atoms with E-state index in [2.05, 4.69) is 5.32 Å². The molecule has 0 aliphatic rings. The number of hydrogen-bond donors (Lipinski definition) is 2. The SMILES string of the molecule is CCC(C)(C)NC(=O)C(C)N(C)C(C)C(N)=S. The van der Waals surface area contributed by atoms with E-state index in [0.717, 1.165) is 6.42 Å². The van der Waals surface area contributed by atoms with Gasteiger partial charge in [0.05, 0.1) is 17.1 Å². The molecule has 0 bridgehead atoms. The minimum Gasteiger partial charge on any atom is -0.392 e. The molecule has 0 rings (SSSR count). The Morgan fingerprint density at radius 1 is 1.41 bits per heavy atom. The third-order valence-corrected chi connectivity index (χ3v) is 3.70. The fourth-order valence-corrected chi connectivity index (χ4v) is 1.41. The van der Waals surface area contributed by atoms with Gasteiger partial charge in [-0.3, -0.25) is 9.69 Å². The Kier molecular flexibility index (Phi) is 6.05. The summed E-state index contributed by atoms with van der Waals surface area (Å²) in [6.07, 6.45) is 0.889. The van der Waals surface area contributed by atoms with Gasteiger partial charge in [0, 0.05) is 5.54 Å². The van der Waals surface area contributed by atoms with Crippen molar-refractivity contribution in [2.45, 2.75) is 58.7 Å². The number of likely N-dealkylation sites (N-methyl/N-ethyl adjacent to an activating group) is 1. The van der Waals surface area contributed by atoms with E-state index in [9.17, 15) is 4.79 Å². The van der Waals surface area contributed by atoms with Crippen LogP contribution in [0.4, 0.5) is 0 Å². The predicted octanol–water partition coefficient (Wildman–Crippen LogP) is 1.29. The first-order valence-corrected chi connectivity index (χ1v) is 6.36. The van der Waals surface area contributed by atoms with Crippen molar-refractivity contribution in [3.8, 4) is 0 Å². The third-order valence-electron chi connectivity index (χ3n) is 3.36. The molecule has 0 heterocycles. The largest absolute Gasteiger partial charge is 0.392 e. The summed E-state index contributed by atoms with van der Waals surface area (Å²) >= 11 is 4.94. The van der Waals surface area contributed by atoms with Crippen molar-refractivity contribution in [1.29, 1.82) is 0 Å². The standard InChI is InChI=1S/C12H25N3OS/c1-7-12(4,5)14-11(16)9(3)15(6)8(2)10(13)17/h8-9H,7H2,1-6H3,(H2,13,17)(H,14,16). The van der Waals surface area contributed by atoms with Crippen LogP contribution in [0.5, 0.6) is 0 Å². The zero-order valence-corrected chi connectivity index (χ0v) is 12.5. The highest BCUT2D eigenvalue weighted by atomic mass is 32.1. The Bertz CT molecular complexity index is 291. The van der Waals surface area contributed by atoms with Crippen LogP contribution in [0.1, 0.15) is 41.0 Å². The molecule has 0 radical (unpaired) electrons. The van der Waals surface area contributed by atoms with E-state index in [1.807, 2.05) is 46.6 Å². The topological polar surface area (TPSA) is 58.4 Å². The summed E-state index contributed by atoms with van der Waals surface area (Å²) < 4.78 is 0. The van der Waals surface area contributed by atoms with Crippen LogP contribution < -0.4 is 11.1 Å². The number of amides is 1. The predicted molar refractivity (Wildman–Crippen MR) is 76.0 cm³/mol. The Morgan fingerprint density at radius 3 is 2.24 bits per heavy atom. The van der Waals surface area contributed by atoms with Crippen molar-refractivity contribution in [3.05, 3.63) is 0 Å². The van der Waals surface area contributed by atoms with Crippen molar-refractivity contribution in [2.75, 3.05) is 7.05 Å².